The highest BCUT2D eigenvalue weighted by atomic mass is 28.4. The fourth-order valence-electron chi connectivity index (χ4n) is 2.86. The van der Waals surface area contributed by atoms with Crippen molar-refractivity contribution in [1.29, 1.82) is 0 Å². The molecule has 2 N–H and O–H groups in total. The molecule has 0 saturated carbocycles. The van der Waals surface area contributed by atoms with Crippen LogP contribution >= 0.6 is 0 Å². The summed E-state index contributed by atoms with van der Waals surface area (Å²) in [5.41, 5.74) is 1.03. The van der Waals surface area contributed by atoms with E-state index in [0.29, 0.717) is 17.7 Å². The SMILES string of the molecule is C[Si]1(C)CC(CCO)[Si](C)(C)O1.O=C(O)c1ccccc1. The summed E-state index contributed by atoms with van der Waals surface area (Å²) in [4.78, 5) is 10.2. The summed E-state index contributed by atoms with van der Waals surface area (Å²) in [7, 11) is -2.75. The molecule has 0 aliphatic carbocycles. The Morgan fingerprint density at radius 3 is 2.14 bits per heavy atom. The van der Waals surface area contributed by atoms with Crippen LogP contribution in [0.4, 0.5) is 0 Å². The van der Waals surface area contributed by atoms with E-state index in [2.05, 4.69) is 26.2 Å². The van der Waals surface area contributed by atoms with Crippen LogP contribution in [0.3, 0.4) is 0 Å². The van der Waals surface area contributed by atoms with E-state index in [1.54, 1.807) is 30.3 Å². The number of hydrogen-bond donors (Lipinski definition) is 2. The first-order valence-corrected chi connectivity index (χ1v) is 13.4. The highest BCUT2D eigenvalue weighted by Gasteiger charge is 2.48. The number of aromatic carboxylic acids is 1. The van der Waals surface area contributed by atoms with Gasteiger partial charge in [-0.25, -0.2) is 4.79 Å². The van der Waals surface area contributed by atoms with E-state index in [1.807, 2.05) is 0 Å². The molecular formula is C15H26O4Si2. The van der Waals surface area contributed by atoms with E-state index in [0.717, 1.165) is 6.42 Å². The van der Waals surface area contributed by atoms with Gasteiger partial charge in [0, 0.05) is 6.61 Å². The summed E-state index contributed by atoms with van der Waals surface area (Å²) >= 11 is 0. The number of aliphatic hydroxyl groups excluding tert-OH is 1. The van der Waals surface area contributed by atoms with Gasteiger partial charge >= 0.3 is 5.97 Å². The van der Waals surface area contributed by atoms with E-state index in [1.165, 1.54) is 6.04 Å². The molecule has 0 spiro atoms. The van der Waals surface area contributed by atoms with E-state index < -0.39 is 22.6 Å². The molecule has 0 amide bonds. The first kappa shape index (κ1) is 18.1. The minimum absolute atomic E-state index is 0.328. The molecule has 4 nitrogen and oxygen atoms in total. The first-order valence-electron chi connectivity index (χ1n) is 7.27. The van der Waals surface area contributed by atoms with Crippen LogP contribution in [0.1, 0.15) is 16.8 Å². The van der Waals surface area contributed by atoms with Crippen LogP contribution in [-0.4, -0.2) is 39.4 Å². The van der Waals surface area contributed by atoms with Gasteiger partial charge in [-0.2, -0.15) is 0 Å². The molecule has 0 bridgehead atoms. The van der Waals surface area contributed by atoms with Gasteiger partial charge in [-0.05, 0) is 56.3 Å². The Balaban J connectivity index is 0.000000219. The van der Waals surface area contributed by atoms with Gasteiger partial charge in [-0.15, -0.1) is 0 Å². The number of carboxylic acid groups (broad SMARTS) is 1. The van der Waals surface area contributed by atoms with Crippen molar-refractivity contribution in [3.63, 3.8) is 0 Å². The summed E-state index contributed by atoms with van der Waals surface area (Å²) in [5.74, 6) is -0.879. The Hall–Kier alpha value is -0.956. The summed E-state index contributed by atoms with van der Waals surface area (Å²) in [5, 5.41) is 17.3. The van der Waals surface area contributed by atoms with E-state index in [-0.39, 0.29) is 0 Å². The van der Waals surface area contributed by atoms with Crippen molar-refractivity contribution in [2.45, 2.75) is 44.2 Å². The summed E-state index contributed by atoms with van der Waals surface area (Å²) in [6.45, 7) is 9.48. The molecule has 1 aliphatic heterocycles. The number of carboxylic acids is 1. The van der Waals surface area contributed by atoms with Crippen molar-refractivity contribution >= 4 is 22.6 Å². The van der Waals surface area contributed by atoms with Gasteiger partial charge in [-0.1, -0.05) is 18.2 Å². The molecule has 118 valence electrons. The summed E-state index contributed by atoms with van der Waals surface area (Å²) in [6, 6.07) is 9.55. The third kappa shape index (κ3) is 5.74. The van der Waals surface area contributed by atoms with Crippen molar-refractivity contribution < 1.29 is 19.1 Å². The van der Waals surface area contributed by atoms with Crippen molar-refractivity contribution in [3.8, 4) is 0 Å². The second-order valence-electron chi connectivity index (χ2n) is 6.55. The van der Waals surface area contributed by atoms with Gasteiger partial charge < -0.3 is 14.3 Å². The maximum absolute atomic E-state index is 10.2. The van der Waals surface area contributed by atoms with Gasteiger partial charge in [-0.3, -0.25) is 0 Å². The smallest absolute Gasteiger partial charge is 0.335 e. The number of rotatable bonds is 3. The van der Waals surface area contributed by atoms with Crippen LogP contribution in [0.25, 0.3) is 0 Å². The molecule has 0 aromatic heterocycles. The standard InChI is InChI=1S/C8H20O2Si2.C7H6O2/c1-11(2)7-8(5-6-9)12(3,4)10-11;8-7(9)6-4-2-1-3-5-6/h8-9H,5-7H2,1-4H3;1-5H,(H,8,9). The van der Waals surface area contributed by atoms with Crippen LogP contribution < -0.4 is 0 Å². The molecule has 1 saturated heterocycles. The number of carbonyl (C=O) groups is 1. The fourth-order valence-corrected chi connectivity index (χ4v) is 15.2. The van der Waals surface area contributed by atoms with Gasteiger partial charge in [0.2, 0.25) is 0 Å². The average Bonchev–Trinajstić information content (AvgIpc) is 2.59. The fraction of sp³-hybridized carbons (Fsp3) is 0.533. The molecule has 1 aliphatic rings. The lowest BCUT2D eigenvalue weighted by atomic mass is 10.2. The van der Waals surface area contributed by atoms with Gasteiger partial charge in [0.1, 0.15) is 0 Å². The third-order valence-corrected chi connectivity index (χ3v) is 12.4. The zero-order valence-electron chi connectivity index (χ0n) is 13.3. The normalized spacial score (nSPS) is 22.2. The minimum Gasteiger partial charge on any atom is -0.478 e. The van der Waals surface area contributed by atoms with Crippen LogP contribution in [0, 0.1) is 0 Å². The maximum Gasteiger partial charge on any atom is 0.335 e. The molecule has 1 unspecified atom stereocenters. The van der Waals surface area contributed by atoms with E-state index in [4.69, 9.17) is 14.3 Å². The summed E-state index contributed by atoms with van der Waals surface area (Å²) < 4.78 is 6.17. The van der Waals surface area contributed by atoms with Crippen LogP contribution in [0.2, 0.25) is 37.8 Å². The number of benzene rings is 1. The topological polar surface area (TPSA) is 66.8 Å². The van der Waals surface area contributed by atoms with Gasteiger partial charge in [0.15, 0.2) is 16.6 Å². The lowest BCUT2D eigenvalue weighted by Gasteiger charge is -2.24. The molecule has 6 heteroatoms. The Labute approximate surface area is 129 Å². The molecule has 1 atom stereocenters. The monoisotopic (exact) mass is 326 g/mol. The molecule has 2 rings (SSSR count). The number of aliphatic hydroxyl groups is 1. The Morgan fingerprint density at radius 2 is 1.81 bits per heavy atom. The molecule has 0 radical (unpaired) electrons. The molecular weight excluding hydrogens is 300 g/mol. The van der Waals surface area contributed by atoms with Crippen molar-refractivity contribution in [2.24, 2.45) is 0 Å². The summed E-state index contributed by atoms with van der Waals surface area (Å²) in [6.07, 6.45) is 0.954. The van der Waals surface area contributed by atoms with Crippen molar-refractivity contribution in [2.75, 3.05) is 6.61 Å². The largest absolute Gasteiger partial charge is 0.478 e. The van der Waals surface area contributed by atoms with Crippen LogP contribution in [-0.2, 0) is 4.12 Å². The maximum atomic E-state index is 10.2. The predicted octanol–water partition coefficient (Wildman–Crippen LogP) is 3.56. The number of hydrogen-bond acceptors (Lipinski definition) is 3. The second kappa shape index (κ2) is 7.35. The quantitative estimate of drug-likeness (QED) is 0.833. The Morgan fingerprint density at radius 1 is 1.24 bits per heavy atom. The minimum atomic E-state index is -1.42. The zero-order valence-corrected chi connectivity index (χ0v) is 15.3. The van der Waals surface area contributed by atoms with Crippen LogP contribution in [0.5, 0.6) is 0 Å². The lowest BCUT2D eigenvalue weighted by molar-refractivity contribution is 0.0697. The van der Waals surface area contributed by atoms with Crippen molar-refractivity contribution in [3.05, 3.63) is 35.9 Å². The van der Waals surface area contributed by atoms with Crippen LogP contribution in [0.15, 0.2) is 30.3 Å². The molecule has 21 heavy (non-hydrogen) atoms. The third-order valence-electron chi connectivity index (χ3n) is 3.76. The highest BCUT2D eigenvalue weighted by Crippen LogP contribution is 2.43. The van der Waals surface area contributed by atoms with E-state index >= 15 is 0 Å². The Bertz CT molecular complexity index is 460. The molecule has 1 aromatic carbocycles. The highest BCUT2D eigenvalue weighted by molar-refractivity contribution is 6.90. The van der Waals surface area contributed by atoms with Gasteiger partial charge in [0.25, 0.3) is 0 Å². The van der Waals surface area contributed by atoms with Gasteiger partial charge in [0.05, 0.1) is 5.56 Å². The molecule has 1 fully saturated rings. The lowest BCUT2D eigenvalue weighted by Crippen LogP contribution is -2.35. The van der Waals surface area contributed by atoms with E-state index in [9.17, 15) is 4.79 Å². The van der Waals surface area contributed by atoms with Crippen molar-refractivity contribution in [1.82, 2.24) is 0 Å². The first-order chi connectivity index (χ1) is 9.68. The average molecular weight is 327 g/mol. The predicted molar refractivity (Wildman–Crippen MR) is 89.7 cm³/mol. The Kier molecular flexibility index (Phi) is 6.33. The molecule has 1 aromatic rings. The molecule has 1 heterocycles. The second-order valence-corrected chi connectivity index (χ2v) is 15.3. The zero-order chi connectivity index (χ0) is 16.1.